The lowest BCUT2D eigenvalue weighted by Crippen LogP contribution is -2.26. The normalized spacial score (nSPS) is 10.0. The van der Waals surface area contributed by atoms with Gasteiger partial charge in [0.2, 0.25) is 0 Å². The average molecular weight is 182 g/mol. The molecule has 1 aromatic heterocycles. The number of aryl methyl sites for hydroxylation is 1. The Balaban J connectivity index is 2.40. The van der Waals surface area contributed by atoms with E-state index in [-0.39, 0.29) is 5.91 Å². The molecule has 0 atom stereocenters. The lowest BCUT2D eigenvalue weighted by Gasteiger charge is -2.00. The van der Waals surface area contributed by atoms with Crippen LogP contribution in [0.3, 0.4) is 0 Å². The smallest absolute Gasteiger partial charge is 0.271 e. The van der Waals surface area contributed by atoms with Crippen molar-refractivity contribution in [1.82, 2.24) is 14.9 Å². The van der Waals surface area contributed by atoms with Crippen LogP contribution in [0.5, 0.6) is 0 Å². The molecule has 13 heavy (non-hydrogen) atoms. The molecule has 0 aliphatic rings. The maximum absolute atomic E-state index is 11.3. The largest absolute Gasteiger partial charge is 0.351 e. The predicted octanol–water partition coefficient (Wildman–Crippen LogP) is -0.501. The zero-order valence-electron chi connectivity index (χ0n) is 7.66. The summed E-state index contributed by atoms with van der Waals surface area (Å²) in [6.45, 7) is 1.19. The number of amides is 1. The van der Waals surface area contributed by atoms with Crippen LogP contribution in [-0.2, 0) is 7.05 Å². The van der Waals surface area contributed by atoms with Gasteiger partial charge in [-0.2, -0.15) is 0 Å². The number of hydrogen-bond acceptors (Lipinski definition) is 3. The number of imidazole rings is 1. The monoisotopic (exact) mass is 182 g/mol. The lowest BCUT2D eigenvalue weighted by molar-refractivity contribution is 0.0949. The second kappa shape index (κ2) is 4.61. The Labute approximate surface area is 76.9 Å². The van der Waals surface area contributed by atoms with Crippen molar-refractivity contribution in [1.29, 1.82) is 0 Å². The Kier molecular flexibility index (Phi) is 3.45. The number of nitrogens with two attached hydrogens (primary N) is 1. The van der Waals surface area contributed by atoms with Crippen molar-refractivity contribution in [2.75, 3.05) is 13.1 Å². The SMILES string of the molecule is Cn1cnc(C(=O)NCCCN)c1. The molecule has 3 N–H and O–H groups in total. The van der Waals surface area contributed by atoms with E-state index in [9.17, 15) is 4.79 Å². The lowest BCUT2D eigenvalue weighted by atomic mass is 10.4. The first-order valence-electron chi connectivity index (χ1n) is 4.20. The Hall–Kier alpha value is -1.36. The molecular weight excluding hydrogens is 168 g/mol. The van der Waals surface area contributed by atoms with Crippen molar-refractivity contribution in [3.8, 4) is 0 Å². The zero-order valence-corrected chi connectivity index (χ0v) is 7.66. The topological polar surface area (TPSA) is 72.9 Å². The molecule has 0 unspecified atom stereocenters. The maximum atomic E-state index is 11.3. The van der Waals surface area contributed by atoms with Crippen LogP contribution in [0, 0.1) is 0 Å². The maximum Gasteiger partial charge on any atom is 0.271 e. The van der Waals surface area contributed by atoms with Crippen molar-refractivity contribution < 1.29 is 4.79 Å². The van der Waals surface area contributed by atoms with Gasteiger partial charge in [0.05, 0.1) is 6.33 Å². The first kappa shape index (κ1) is 9.73. The summed E-state index contributed by atoms with van der Waals surface area (Å²) >= 11 is 0. The third kappa shape index (κ3) is 2.87. The van der Waals surface area contributed by atoms with Gasteiger partial charge in [0.25, 0.3) is 5.91 Å². The van der Waals surface area contributed by atoms with E-state index in [0.717, 1.165) is 6.42 Å². The second-order valence-electron chi connectivity index (χ2n) is 2.82. The van der Waals surface area contributed by atoms with Gasteiger partial charge in [-0.25, -0.2) is 4.98 Å². The van der Waals surface area contributed by atoms with Gasteiger partial charge in [-0.1, -0.05) is 0 Å². The van der Waals surface area contributed by atoms with Crippen LogP contribution < -0.4 is 11.1 Å². The number of carbonyl (C=O) groups is 1. The summed E-state index contributed by atoms with van der Waals surface area (Å²) in [7, 11) is 1.82. The van der Waals surface area contributed by atoms with E-state index in [1.807, 2.05) is 7.05 Å². The molecule has 0 saturated heterocycles. The van der Waals surface area contributed by atoms with Gasteiger partial charge >= 0.3 is 0 Å². The fourth-order valence-corrected chi connectivity index (χ4v) is 0.925. The molecule has 5 nitrogen and oxygen atoms in total. The Morgan fingerprint density at radius 3 is 3.08 bits per heavy atom. The summed E-state index contributed by atoms with van der Waals surface area (Å²) in [5.74, 6) is -0.144. The van der Waals surface area contributed by atoms with Crippen LogP contribution in [0.2, 0.25) is 0 Å². The van der Waals surface area contributed by atoms with Crippen LogP contribution >= 0.6 is 0 Å². The fraction of sp³-hybridized carbons (Fsp3) is 0.500. The summed E-state index contributed by atoms with van der Waals surface area (Å²) in [6, 6.07) is 0. The zero-order chi connectivity index (χ0) is 9.68. The van der Waals surface area contributed by atoms with Gasteiger partial charge in [0, 0.05) is 19.8 Å². The Morgan fingerprint density at radius 1 is 1.77 bits per heavy atom. The highest BCUT2D eigenvalue weighted by Crippen LogP contribution is 1.92. The molecule has 0 aromatic carbocycles. The van der Waals surface area contributed by atoms with E-state index in [1.54, 1.807) is 17.1 Å². The van der Waals surface area contributed by atoms with Gasteiger partial charge in [0.15, 0.2) is 0 Å². The van der Waals surface area contributed by atoms with E-state index in [0.29, 0.717) is 18.8 Å². The van der Waals surface area contributed by atoms with Gasteiger partial charge in [0.1, 0.15) is 5.69 Å². The van der Waals surface area contributed by atoms with Gasteiger partial charge in [-0.15, -0.1) is 0 Å². The molecule has 0 radical (unpaired) electrons. The number of rotatable bonds is 4. The molecule has 0 aliphatic heterocycles. The summed E-state index contributed by atoms with van der Waals surface area (Å²) in [5.41, 5.74) is 5.73. The molecular formula is C8H14N4O. The van der Waals surface area contributed by atoms with Crippen molar-refractivity contribution in [2.45, 2.75) is 6.42 Å². The molecule has 1 heterocycles. The molecule has 0 bridgehead atoms. The van der Waals surface area contributed by atoms with Crippen molar-refractivity contribution in [3.63, 3.8) is 0 Å². The Morgan fingerprint density at radius 2 is 2.54 bits per heavy atom. The third-order valence-electron chi connectivity index (χ3n) is 1.60. The number of carbonyl (C=O) groups excluding carboxylic acids is 1. The van der Waals surface area contributed by atoms with E-state index in [1.165, 1.54) is 0 Å². The average Bonchev–Trinajstić information content (AvgIpc) is 2.52. The first-order chi connectivity index (χ1) is 6.24. The summed E-state index contributed by atoms with van der Waals surface area (Å²) in [4.78, 5) is 15.2. The summed E-state index contributed by atoms with van der Waals surface area (Å²) in [6.07, 6.45) is 4.06. The van der Waals surface area contributed by atoms with Gasteiger partial charge in [-0.3, -0.25) is 4.79 Å². The number of aromatic nitrogens is 2. The van der Waals surface area contributed by atoms with Crippen LogP contribution in [0.25, 0.3) is 0 Å². The minimum atomic E-state index is -0.144. The van der Waals surface area contributed by atoms with Crippen LogP contribution in [0.15, 0.2) is 12.5 Å². The molecule has 0 spiro atoms. The molecule has 1 rings (SSSR count). The molecule has 1 amide bonds. The summed E-state index contributed by atoms with van der Waals surface area (Å²) in [5, 5.41) is 2.72. The molecule has 1 aromatic rings. The fourth-order valence-electron chi connectivity index (χ4n) is 0.925. The van der Waals surface area contributed by atoms with Crippen LogP contribution in [-0.4, -0.2) is 28.5 Å². The van der Waals surface area contributed by atoms with E-state index >= 15 is 0 Å². The molecule has 72 valence electrons. The summed E-state index contributed by atoms with van der Waals surface area (Å²) < 4.78 is 1.73. The first-order valence-corrected chi connectivity index (χ1v) is 4.20. The minimum Gasteiger partial charge on any atom is -0.351 e. The standard InChI is InChI=1S/C8H14N4O/c1-12-5-7(11-6-12)8(13)10-4-2-3-9/h5-6H,2-4,9H2,1H3,(H,10,13). The van der Waals surface area contributed by atoms with E-state index in [4.69, 9.17) is 5.73 Å². The van der Waals surface area contributed by atoms with Crippen LogP contribution in [0.1, 0.15) is 16.9 Å². The van der Waals surface area contributed by atoms with Crippen molar-refractivity contribution in [2.24, 2.45) is 12.8 Å². The number of hydrogen-bond donors (Lipinski definition) is 2. The number of nitrogens with zero attached hydrogens (tertiary/aromatic N) is 2. The predicted molar refractivity (Wildman–Crippen MR) is 49.2 cm³/mol. The highest BCUT2D eigenvalue weighted by molar-refractivity contribution is 5.91. The van der Waals surface area contributed by atoms with Crippen molar-refractivity contribution >= 4 is 5.91 Å². The highest BCUT2D eigenvalue weighted by Gasteiger charge is 2.06. The van der Waals surface area contributed by atoms with E-state index < -0.39 is 0 Å². The third-order valence-corrected chi connectivity index (χ3v) is 1.60. The van der Waals surface area contributed by atoms with Crippen LogP contribution in [0.4, 0.5) is 0 Å². The Bertz CT molecular complexity index is 281. The number of nitrogens with one attached hydrogen (secondary N) is 1. The molecule has 0 fully saturated rings. The minimum absolute atomic E-state index is 0.144. The molecule has 5 heteroatoms. The van der Waals surface area contributed by atoms with Gasteiger partial charge < -0.3 is 15.6 Å². The van der Waals surface area contributed by atoms with E-state index in [2.05, 4.69) is 10.3 Å². The molecule has 0 aliphatic carbocycles. The quantitative estimate of drug-likeness (QED) is 0.616. The molecule has 0 saturated carbocycles. The van der Waals surface area contributed by atoms with Gasteiger partial charge in [-0.05, 0) is 13.0 Å². The van der Waals surface area contributed by atoms with Crippen molar-refractivity contribution in [3.05, 3.63) is 18.2 Å². The highest BCUT2D eigenvalue weighted by atomic mass is 16.1. The second-order valence-corrected chi connectivity index (χ2v) is 2.82.